The average molecular weight is 370 g/mol. The van der Waals surface area contributed by atoms with E-state index in [9.17, 15) is 19.3 Å². The van der Waals surface area contributed by atoms with E-state index in [-0.39, 0.29) is 38.1 Å². The number of nitro groups is 1. The van der Waals surface area contributed by atoms with Crippen molar-refractivity contribution in [2.24, 2.45) is 0 Å². The lowest BCUT2D eigenvalue weighted by Crippen LogP contribution is -2.11. The van der Waals surface area contributed by atoms with Gasteiger partial charge in [0.2, 0.25) is 5.88 Å². The molecule has 0 aliphatic carbocycles. The summed E-state index contributed by atoms with van der Waals surface area (Å²) < 4.78 is 19.3. The number of hydrogen-bond acceptors (Lipinski definition) is 5. The number of benzene rings is 2. The summed E-state index contributed by atoms with van der Waals surface area (Å²) in [6.07, 6.45) is 0. The number of ether oxygens (including phenoxy) is 1. The number of fused-ring (bicyclic) bond motifs is 1. The summed E-state index contributed by atoms with van der Waals surface area (Å²) in [6, 6.07) is 6.04. The van der Waals surface area contributed by atoms with E-state index in [1.807, 2.05) is 0 Å². The second-order valence-electron chi connectivity index (χ2n) is 4.62. The predicted octanol–water partition coefficient (Wildman–Crippen LogP) is 4.07. The Labute approximate surface area is 142 Å². The van der Waals surface area contributed by atoms with Gasteiger partial charge in [0.25, 0.3) is 11.2 Å². The third-order valence-electron chi connectivity index (χ3n) is 3.12. The number of non-ortho nitro benzene ring substituents is 1. The zero-order chi connectivity index (χ0) is 17.4. The largest absolute Gasteiger partial charge is 0.434 e. The number of hydrogen-bond donors (Lipinski definition) is 1. The molecule has 1 aromatic heterocycles. The molecule has 7 nitrogen and oxygen atoms in total. The Bertz CT molecular complexity index is 1020. The zero-order valence-corrected chi connectivity index (χ0v) is 13.1. The molecule has 2 aromatic carbocycles. The molecule has 0 unspecified atom stereocenters. The van der Waals surface area contributed by atoms with E-state index in [0.717, 1.165) is 18.2 Å². The highest BCUT2D eigenvalue weighted by Crippen LogP contribution is 2.40. The van der Waals surface area contributed by atoms with Crippen LogP contribution in [0.1, 0.15) is 0 Å². The molecule has 3 rings (SSSR count). The molecule has 0 bridgehead atoms. The van der Waals surface area contributed by atoms with Crippen molar-refractivity contribution in [1.82, 2.24) is 10.2 Å². The highest BCUT2D eigenvalue weighted by molar-refractivity contribution is 6.37. The predicted molar refractivity (Wildman–Crippen MR) is 85.5 cm³/mol. The summed E-state index contributed by atoms with van der Waals surface area (Å²) in [5.74, 6) is -1.00. The molecule has 0 aliphatic heterocycles. The van der Waals surface area contributed by atoms with E-state index in [2.05, 4.69) is 10.2 Å². The first kappa shape index (κ1) is 16.2. The third kappa shape index (κ3) is 2.77. The van der Waals surface area contributed by atoms with Crippen LogP contribution < -0.4 is 10.3 Å². The first-order chi connectivity index (χ1) is 11.4. The van der Waals surface area contributed by atoms with Gasteiger partial charge in [-0.15, -0.1) is 5.10 Å². The maximum atomic E-state index is 13.8. The van der Waals surface area contributed by atoms with Crippen molar-refractivity contribution in [2.75, 3.05) is 0 Å². The van der Waals surface area contributed by atoms with Crippen LogP contribution in [-0.2, 0) is 0 Å². The molecule has 0 atom stereocenters. The van der Waals surface area contributed by atoms with Crippen LogP contribution in [0.15, 0.2) is 35.1 Å². The van der Waals surface area contributed by atoms with Gasteiger partial charge in [-0.1, -0.05) is 29.3 Å². The molecule has 0 saturated carbocycles. The Hall–Kier alpha value is -2.71. The molecule has 0 radical (unpaired) electrons. The smallest absolute Gasteiger partial charge is 0.275 e. The number of aromatic amines is 1. The fraction of sp³-hybridized carbons (Fsp3) is 0. The maximum absolute atomic E-state index is 13.8. The molecular formula is C14H6Cl2FN3O4. The number of aromatic nitrogens is 2. The van der Waals surface area contributed by atoms with Gasteiger partial charge >= 0.3 is 0 Å². The van der Waals surface area contributed by atoms with E-state index in [1.165, 1.54) is 12.1 Å². The number of nitrogens with one attached hydrogen (secondary N) is 1. The van der Waals surface area contributed by atoms with Crippen molar-refractivity contribution in [3.05, 3.63) is 66.7 Å². The first-order valence-corrected chi connectivity index (χ1v) is 7.12. The van der Waals surface area contributed by atoms with Crippen molar-refractivity contribution in [1.29, 1.82) is 0 Å². The molecule has 0 amide bonds. The Balaban J connectivity index is 2.15. The SMILES string of the molecule is O=c1[nH]nc(Oc2c(Cl)cc([N+](=O)[O-])cc2Cl)c2cccc(F)c12. The molecule has 0 aliphatic rings. The monoisotopic (exact) mass is 369 g/mol. The highest BCUT2D eigenvalue weighted by atomic mass is 35.5. The van der Waals surface area contributed by atoms with Gasteiger partial charge in [0.05, 0.1) is 25.7 Å². The zero-order valence-electron chi connectivity index (χ0n) is 11.5. The van der Waals surface area contributed by atoms with Gasteiger partial charge in [-0.2, -0.15) is 0 Å². The summed E-state index contributed by atoms with van der Waals surface area (Å²) in [7, 11) is 0. The number of halogens is 3. The molecule has 0 saturated heterocycles. The van der Waals surface area contributed by atoms with Crippen LogP contribution in [0.2, 0.25) is 10.0 Å². The average Bonchev–Trinajstić information content (AvgIpc) is 2.52. The summed E-state index contributed by atoms with van der Waals surface area (Å²) in [5, 5.41) is 16.2. The molecule has 3 aromatic rings. The lowest BCUT2D eigenvalue weighted by atomic mass is 10.2. The molecule has 122 valence electrons. The van der Waals surface area contributed by atoms with E-state index >= 15 is 0 Å². The fourth-order valence-electron chi connectivity index (χ4n) is 2.07. The van der Waals surface area contributed by atoms with Gasteiger partial charge in [-0.05, 0) is 12.1 Å². The Morgan fingerprint density at radius 2 is 1.92 bits per heavy atom. The second kappa shape index (κ2) is 6.06. The molecule has 0 fully saturated rings. The van der Waals surface area contributed by atoms with Crippen LogP contribution in [-0.4, -0.2) is 15.1 Å². The summed E-state index contributed by atoms with van der Waals surface area (Å²) >= 11 is 11.9. The summed E-state index contributed by atoms with van der Waals surface area (Å²) in [5.41, 5.74) is -1.04. The van der Waals surface area contributed by atoms with Gasteiger partial charge in [-0.25, -0.2) is 9.49 Å². The highest BCUT2D eigenvalue weighted by Gasteiger charge is 2.19. The van der Waals surface area contributed by atoms with Crippen molar-refractivity contribution in [3.8, 4) is 11.6 Å². The van der Waals surface area contributed by atoms with Crippen LogP contribution in [0.4, 0.5) is 10.1 Å². The molecule has 1 N–H and O–H groups in total. The lowest BCUT2D eigenvalue weighted by molar-refractivity contribution is -0.384. The first-order valence-electron chi connectivity index (χ1n) is 6.36. The number of rotatable bonds is 3. The van der Waals surface area contributed by atoms with Gasteiger partial charge in [-0.3, -0.25) is 14.9 Å². The molecular weight excluding hydrogens is 364 g/mol. The topological polar surface area (TPSA) is 98.1 Å². The van der Waals surface area contributed by atoms with Gasteiger partial charge in [0, 0.05) is 12.1 Å². The van der Waals surface area contributed by atoms with Crippen molar-refractivity contribution in [2.45, 2.75) is 0 Å². The number of nitrogens with zero attached hydrogens (tertiary/aromatic N) is 2. The lowest BCUT2D eigenvalue weighted by Gasteiger charge is -2.10. The van der Waals surface area contributed by atoms with E-state index in [0.29, 0.717) is 0 Å². The normalized spacial score (nSPS) is 10.8. The summed E-state index contributed by atoms with van der Waals surface area (Å²) in [4.78, 5) is 21.8. The summed E-state index contributed by atoms with van der Waals surface area (Å²) in [6.45, 7) is 0. The van der Waals surface area contributed by atoms with Gasteiger partial charge in [0.15, 0.2) is 5.75 Å². The third-order valence-corrected chi connectivity index (χ3v) is 3.68. The van der Waals surface area contributed by atoms with Crippen LogP contribution in [0.25, 0.3) is 10.8 Å². The molecule has 10 heteroatoms. The second-order valence-corrected chi connectivity index (χ2v) is 5.43. The van der Waals surface area contributed by atoms with Crippen LogP contribution in [0.3, 0.4) is 0 Å². The fourth-order valence-corrected chi connectivity index (χ4v) is 2.63. The Morgan fingerprint density at radius 1 is 1.25 bits per heavy atom. The van der Waals surface area contributed by atoms with Crippen LogP contribution in [0, 0.1) is 15.9 Å². The quantitative estimate of drug-likeness (QED) is 0.554. The standard InChI is InChI=1S/C14H6Cl2FN3O4/c15-8-4-6(20(22)23)5-9(16)12(8)24-14-7-2-1-3-10(17)11(7)13(21)18-19-14/h1-5H,(H,18,21). The van der Waals surface area contributed by atoms with Crippen molar-refractivity contribution < 1.29 is 14.1 Å². The number of nitro benzene ring substituents is 1. The maximum Gasteiger partial charge on any atom is 0.275 e. The molecule has 24 heavy (non-hydrogen) atoms. The van der Waals surface area contributed by atoms with E-state index < -0.39 is 16.3 Å². The van der Waals surface area contributed by atoms with Gasteiger partial charge < -0.3 is 4.74 Å². The Morgan fingerprint density at radius 3 is 2.54 bits per heavy atom. The minimum atomic E-state index is -0.748. The molecule has 0 spiro atoms. The van der Waals surface area contributed by atoms with E-state index in [1.54, 1.807) is 0 Å². The van der Waals surface area contributed by atoms with Crippen molar-refractivity contribution in [3.63, 3.8) is 0 Å². The van der Waals surface area contributed by atoms with E-state index in [4.69, 9.17) is 27.9 Å². The number of H-pyrrole nitrogens is 1. The minimum absolute atomic E-state index is 0.101. The van der Waals surface area contributed by atoms with Crippen LogP contribution >= 0.6 is 23.2 Å². The van der Waals surface area contributed by atoms with Crippen LogP contribution in [0.5, 0.6) is 11.6 Å². The van der Waals surface area contributed by atoms with Gasteiger partial charge in [0.1, 0.15) is 5.82 Å². The van der Waals surface area contributed by atoms with Crippen molar-refractivity contribution >= 4 is 39.7 Å². The Kier molecular flexibility index (Phi) is 4.08. The molecule has 1 heterocycles. The minimum Gasteiger partial charge on any atom is -0.434 e.